The fraction of sp³-hybridized carbons (Fsp3) is 0.211. The highest BCUT2D eigenvalue weighted by atomic mass is 35.5. The van der Waals surface area contributed by atoms with Gasteiger partial charge in [0.05, 0.1) is 6.54 Å². The van der Waals surface area contributed by atoms with Crippen LogP contribution in [0.2, 0.25) is 0 Å². The monoisotopic (exact) mass is 388 g/mol. The van der Waals surface area contributed by atoms with Crippen LogP contribution < -0.4 is 5.32 Å². The number of anilines is 1. The first kappa shape index (κ1) is 19.0. The molecule has 1 amide bonds. The molecule has 3 aromatic rings. The number of nitrogens with one attached hydrogen (secondary N) is 1. The zero-order valence-electron chi connectivity index (χ0n) is 14.7. The van der Waals surface area contributed by atoms with E-state index in [-0.39, 0.29) is 18.3 Å². The zero-order valence-corrected chi connectivity index (χ0v) is 15.4. The number of amides is 1. The summed E-state index contributed by atoms with van der Waals surface area (Å²) >= 11 is 5.84. The number of pyridine rings is 1. The van der Waals surface area contributed by atoms with E-state index in [1.807, 2.05) is 12.3 Å². The molecule has 0 unspecified atom stereocenters. The van der Waals surface area contributed by atoms with Crippen molar-refractivity contribution in [3.63, 3.8) is 0 Å². The number of carbonyl (C=O) groups excluding carboxylic acids is 1. The van der Waals surface area contributed by atoms with Gasteiger partial charge in [-0.05, 0) is 42.0 Å². The number of hydrogen-bond donors (Lipinski definition) is 1. The van der Waals surface area contributed by atoms with Crippen LogP contribution in [0.3, 0.4) is 0 Å². The number of halogens is 2. The molecule has 2 heterocycles. The number of ether oxygens (including phenoxy) is 1. The maximum absolute atomic E-state index is 13.3. The van der Waals surface area contributed by atoms with E-state index in [0.717, 1.165) is 16.7 Å². The average molecular weight is 389 g/mol. The van der Waals surface area contributed by atoms with Crippen LogP contribution in [0.1, 0.15) is 0 Å². The van der Waals surface area contributed by atoms with Crippen molar-refractivity contribution in [2.24, 2.45) is 0 Å². The highest BCUT2D eigenvalue weighted by Gasteiger charge is 2.14. The summed E-state index contributed by atoms with van der Waals surface area (Å²) in [7, 11) is 1.45. The number of nitrogens with zero attached hydrogens (tertiary/aromatic N) is 3. The molecule has 6 nitrogen and oxygen atoms in total. The Kier molecular flexibility index (Phi) is 6.16. The smallest absolute Gasteiger partial charge is 0.251 e. The highest BCUT2D eigenvalue weighted by Crippen LogP contribution is 2.32. The third-order valence-electron chi connectivity index (χ3n) is 3.81. The summed E-state index contributed by atoms with van der Waals surface area (Å²) in [5.74, 6) is 0.217. The SMILES string of the molecule is COCC(=O)Nc1cc(-c2cn(CCCl)nc2-c2ccc(F)cc2)ccn1. The van der Waals surface area contributed by atoms with Gasteiger partial charge < -0.3 is 10.1 Å². The van der Waals surface area contributed by atoms with Gasteiger partial charge in [0.1, 0.15) is 23.9 Å². The summed E-state index contributed by atoms with van der Waals surface area (Å²) in [6, 6.07) is 9.71. The topological polar surface area (TPSA) is 69.0 Å². The molecule has 2 aromatic heterocycles. The molecule has 0 aliphatic carbocycles. The van der Waals surface area contributed by atoms with E-state index in [1.54, 1.807) is 29.1 Å². The molecule has 1 aromatic carbocycles. The van der Waals surface area contributed by atoms with Crippen molar-refractivity contribution in [2.45, 2.75) is 6.54 Å². The molecule has 0 radical (unpaired) electrons. The second kappa shape index (κ2) is 8.75. The largest absolute Gasteiger partial charge is 0.375 e. The maximum atomic E-state index is 13.3. The molecule has 0 saturated carbocycles. The molecule has 8 heteroatoms. The van der Waals surface area contributed by atoms with E-state index in [9.17, 15) is 9.18 Å². The van der Waals surface area contributed by atoms with Gasteiger partial charge in [-0.1, -0.05) is 0 Å². The quantitative estimate of drug-likeness (QED) is 0.628. The van der Waals surface area contributed by atoms with Gasteiger partial charge in [-0.2, -0.15) is 5.10 Å². The van der Waals surface area contributed by atoms with Crippen molar-refractivity contribution in [3.05, 3.63) is 54.6 Å². The van der Waals surface area contributed by atoms with Crippen LogP contribution in [0, 0.1) is 5.82 Å². The fourth-order valence-electron chi connectivity index (χ4n) is 2.63. The lowest BCUT2D eigenvalue weighted by Crippen LogP contribution is -2.17. The van der Waals surface area contributed by atoms with E-state index in [1.165, 1.54) is 19.2 Å². The van der Waals surface area contributed by atoms with E-state index >= 15 is 0 Å². The number of carbonyl (C=O) groups is 1. The summed E-state index contributed by atoms with van der Waals surface area (Å²) < 4.78 is 19.8. The predicted molar refractivity (Wildman–Crippen MR) is 102 cm³/mol. The highest BCUT2D eigenvalue weighted by molar-refractivity contribution is 6.17. The van der Waals surface area contributed by atoms with Crippen molar-refractivity contribution >= 4 is 23.3 Å². The lowest BCUT2D eigenvalue weighted by Gasteiger charge is -2.07. The molecule has 27 heavy (non-hydrogen) atoms. The summed E-state index contributed by atoms with van der Waals surface area (Å²) in [5, 5.41) is 7.26. The standard InChI is InChI=1S/C19H18ClFN4O2/c1-27-12-18(26)23-17-10-14(6-8-22-17)16-11-25(9-7-20)24-19(16)13-2-4-15(21)5-3-13/h2-6,8,10-11H,7,9,12H2,1H3,(H,22,23,26). The summed E-state index contributed by atoms with van der Waals surface area (Å²) in [6.45, 7) is 0.485. The lowest BCUT2D eigenvalue weighted by molar-refractivity contribution is -0.119. The van der Waals surface area contributed by atoms with E-state index < -0.39 is 0 Å². The van der Waals surface area contributed by atoms with Gasteiger partial charge in [-0.3, -0.25) is 9.48 Å². The van der Waals surface area contributed by atoms with Crippen molar-refractivity contribution < 1.29 is 13.9 Å². The molecule has 0 aliphatic rings. The Balaban J connectivity index is 2.00. The molecular formula is C19H18ClFN4O2. The lowest BCUT2D eigenvalue weighted by atomic mass is 10.0. The molecule has 140 valence electrons. The normalized spacial score (nSPS) is 10.8. The van der Waals surface area contributed by atoms with Crippen LogP contribution in [-0.4, -0.2) is 40.3 Å². The van der Waals surface area contributed by atoms with Crippen molar-refractivity contribution in [3.8, 4) is 22.4 Å². The summed E-state index contributed by atoms with van der Waals surface area (Å²) in [5.41, 5.74) is 3.12. The molecule has 1 N–H and O–H groups in total. The molecule has 0 bridgehead atoms. The van der Waals surface area contributed by atoms with Gasteiger partial charge in [0.15, 0.2) is 0 Å². The molecule has 0 aliphatic heterocycles. The minimum absolute atomic E-state index is 0.0552. The Morgan fingerprint density at radius 2 is 2.04 bits per heavy atom. The zero-order chi connectivity index (χ0) is 19.2. The first-order chi connectivity index (χ1) is 13.1. The first-order valence-corrected chi connectivity index (χ1v) is 8.78. The Labute approximate surface area is 160 Å². The van der Waals surface area contributed by atoms with Crippen molar-refractivity contribution in [1.82, 2.24) is 14.8 Å². The Hall–Kier alpha value is -2.77. The Morgan fingerprint density at radius 1 is 1.26 bits per heavy atom. The molecule has 0 atom stereocenters. The van der Waals surface area contributed by atoms with E-state index in [2.05, 4.69) is 15.4 Å². The molecule has 0 fully saturated rings. The third-order valence-corrected chi connectivity index (χ3v) is 3.98. The second-order valence-electron chi connectivity index (χ2n) is 5.76. The van der Waals surface area contributed by atoms with Crippen molar-refractivity contribution in [2.75, 3.05) is 24.9 Å². The minimum atomic E-state index is -0.312. The fourth-order valence-corrected chi connectivity index (χ4v) is 2.80. The van der Waals surface area contributed by atoms with Crippen LogP contribution in [0.5, 0.6) is 0 Å². The predicted octanol–water partition coefficient (Wildman–Crippen LogP) is 3.57. The molecule has 0 spiro atoms. The number of alkyl halides is 1. The number of rotatable bonds is 7. The van der Waals surface area contributed by atoms with Gasteiger partial charge in [0, 0.05) is 36.5 Å². The Morgan fingerprint density at radius 3 is 2.74 bits per heavy atom. The van der Waals surface area contributed by atoms with Gasteiger partial charge >= 0.3 is 0 Å². The van der Waals surface area contributed by atoms with E-state index in [0.29, 0.717) is 23.9 Å². The maximum Gasteiger partial charge on any atom is 0.251 e. The van der Waals surface area contributed by atoms with Gasteiger partial charge in [-0.25, -0.2) is 9.37 Å². The molecular weight excluding hydrogens is 371 g/mol. The van der Waals surface area contributed by atoms with E-state index in [4.69, 9.17) is 16.3 Å². The third kappa shape index (κ3) is 4.69. The minimum Gasteiger partial charge on any atom is -0.375 e. The van der Waals surface area contributed by atoms with Gasteiger partial charge in [-0.15, -0.1) is 11.6 Å². The number of aromatic nitrogens is 3. The second-order valence-corrected chi connectivity index (χ2v) is 6.14. The molecule has 0 saturated heterocycles. The Bertz CT molecular complexity index is 928. The van der Waals surface area contributed by atoms with Crippen LogP contribution in [0.15, 0.2) is 48.8 Å². The number of aryl methyl sites for hydroxylation is 1. The summed E-state index contributed by atoms with van der Waals surface area (Å²) in [6.07, 6.45) is 3.47. The van der Waals surface area contributed by atoms with Gasteiger partial charge in [0.2, 0.25) is 0 Å². The molecule has 3 rings (SSSR count). The number of methoxy groups -OCH3 is 1. The van der Waals surface area contributed by atoms with Crippen LogP contribution in [0.4, 0.5) is 10.2 Å². The van der Waals surface area contributed by atoms with Crippen molar-refractivity contribution in [1.29, 1.82) is 0 Å². The van der Waals surface area contributed by atoms with Crippen LogP contribution in [0.25, 0.3) is 22.4 Å². The average Bonchev–Trinajstić information content (AvgIpc) is 3.07. The summed E-state index contributed by atoms with van der Waals surface area (Å²) in [4.78, 5) is 15.9. The first-order valence-electron chi connectivity index (χ1n) is 8.25. The number of hydrogen-bond acceptors (Lipinski definition) is 4. The van der Waals surface area contributed by atoms with Gasteiger partial charge in [0.25, 0.3) is 5.91 Å². The van der Waals surface area contributed by atoms with Crippen LogP contribution in [-0.2, 0) is 16.1 Å². The number of benzene rings is 1. The van der Waals surface area contributed by atoms with Crippen LogP contribution >= 0.6 is 11.6 Å².